The topological polar surface area (TPSA) is 21.3 Å². The van der Waals surface area contributed by atoms with Crippen molar-refractivity contribution in [3.63, 3.8) is 0 Å². The molecule has 0 amide bonds. The van der Waals surface area contributed by atoms with E-state index in [0.29, 0.717) is 18.9 Å². The second kappa shape index (κ2) is 5.71. The van der Waals surface area contributed by atoms with Crippen LogP contribution in [0.1, 0.15) is 19.4 Å². The van der Waals surface area contributed by atoms with Gasteiger partial charge in [-0.15, -0.1) is 0 Å². The Morgan fingerprint density at radius 3 is 2.80 bits per heavy atom. The van der Waals surface area contributed by atoms with E-state index in [1.807, 2.05) is 26.8 Å². The Morgan fingerprint density at radius 1 is 1.47 bits per heavy atom. The summed E-state index contributed by atoms with van der Waals surface area (Å²) in [4.78, 5) is 0. The molecule has 0 spiro atoms. The van der Waals surface area contributed by atoms with Crippen LogP contribution in [0.4, 0.5) is 10.1 Å². The van der Waals surface area contributed by atoms with E-state index in [0.717, 1.165) is 5.56 Å². The lowest BCUT2D eigenvalue weighted by Crippen LogP contribution is -2.22. The molecular formula is C12H18FNO. The normalized spacial score (nSPS) is 12.5. The minimum Gasteiger partial charge on any atom is -0.380 e. The van der Waals surface area contributed by atoms with Gasteiger partial charge in [-0.25, -0.2) is 4.39 Å². The summed E-state index contributed by atoms with van der Waals surface area (Å²) in [5.41, 5.74) is 1.46. The zero-order chi connectivity index (χ0) is 11.3. The first-order valence-corrected chi connectivity index (χ1v) is 5.24. The third-order valence-electron chi connectivity index (χ3n) is 2.10. The predicted octanol–water partition coefficient (Wildman–Crippen LogP) is 2.97. The highest BCUT2D eigenvalue weighted by molar-refractivity contribution is 5.46. The average Bonchev–Trinajstić information content (AvgIpc) is 2.19. The molecule has 1 aromatic carbocycles. The Kier molecular flexibility index (Phi) is 4.56. The Morgan fingerprint density at radius 2 is 2.20 bits per heavy atom. The Balaban J connectivity index is 2.56. The van der Waals surface area contributed by atoms with Gasteiger partial charge in [-0.1, -0.05) is 6.07 Å². The van der Waals surface area contributed by atoms with Crippen LogP contribution in [0.15, 0.2) is 18.2 Å². The van der Waals surface area contributed by atoms with Crippen molar-refractivity contribution in [3.8, 4) is 0 Å². The molecule has 1 aromatic rings. The summed E-state index contributed by atoms with van der Waals surface area (Å²) in [6.45, 7) is 7.05. The molecule has 15 heavy (non-hydrogen) atoms. The van der Waals surface area contributed by atoms with Gasteiger partial charge < -0.3 is 10.1 Å². The van der Waals surface area contributed by atoms with Gasteiger partial charge >= 0.3 is 0 Å². The van der Waals surface area contributed by atoms with Crippen LogP contribution in [-0.4, -0.2) is 19.3 Å². The van der Waals surface area contributed by atoms with E-state index in [9.17, 15) is 4.39 Å². The number of benzene rings is 1. The fourth-order valence-electron chi connectivity index (χ4n) is 1.34. The van der Waals surface area contributed by atoms with Crippen LogP contribution in [0.3, 0.4) is 0 Å². The molecule has 3 heteroatoms. The molecule has 1 unspecified atom stereocenters. The molecule has 84 valence electrons. The van der Waals surface area contributed by atoms with Crippen molar-refractivity contribution in [3.05, 3.63) is 29.6 Å². The van der Waals surface area contributed by atoms with Crippen molar-refractivity contribution in [2.45, 2.75) is 26.8 Å². The van der Waals surface area contributed by atoms with Gasteiger partial charge in [-0.3, -0.25) is 0 Å². The largest absolute Gasteiger partial charge is 0.380 e. The Bertz CT molecular complexity index is 314. The molecule has 0 bridgehead atoms. The fourth-order valence-corrected chi connectivity index (χ4v) is 1.34. The summed E-state index contributed by atoms with van der Waals surface area (Å²) in [5.74, 6) is -0.210. The molecule has 0 saturated heterocycles. The van der Waals surface area contributed by atoms with Gasteiger partial charge in [0, 0.05) is 12.6 Å². The predicted molar refractivity (Wildman–Crippen MR) is 60.7 cm³/mol. The highest BCUT2D eigenvalue weighted by Gasteiger charge is 2.06. The highest BCUT2D eigenvalue weighted by atomic mass is 19.1. The molecule has 0 saturated carbocycles. The third kappa shape index (κ3) is 3.88. The summed E-state index contributed by atoms with van der Waals surface area (Å²) < 4.78 is 18.7. The van der Waals surface area contributed by atoms with Crippen molar-refractivity contribution in [2.24, 2.45) is 0 Å². The summed E-state index contributed by atoms with van der Waals surface area (Å²) >= 11 is 0. The summed E-state index contributed by atoms with van der Waals surface area (Å²) in [5, 5.41) is 3.07. The second-order valence-corrected chi connectivity index (χ2v) is 3.69. The SMILES string of the molecule is CCOCC(C)Nc1ccc(C)cc1F. The average molecular weight is 211 g/mol. The quantitative estimate of drug-likeness (QED) is 0.808. The molecule has 1 atom stereocenters. The number of aryl methyl sites for hydroxylation is 1. The van der Waals surface area contributed by atoms with Gasteiger partial charge in [-0.2, -0.15) is 0 Å². The maximum atomic E-state index is 13.4. The lowest BCUT2D eigenvalue weighted by molar-refractivity contribution is 0.141. The number of hydrogen-bond donors (Lipinski definition) is 1. The summed E-state index contributed by atoms with van der Waals surface area (Å²) in [7, 11) is 0. The molecule has 0 aliphatic heterocycles. The Hall–Kier alpha value is -1.09. The number of ether oxygens (including phenoxy) is 1. The van der Waals surface area contributed by atoms with Crippen molar-refractivity contribution in [1.82, 2.24) is 0 Å². The van der Waals surface area contributed by atoms with Gasteiger partial charge in [-0.05, 0) is 38.5 Å². The zero-order valence-corrected chi connectivity index (χ0v) is 9.51. The van der Waals surface area contributed by atoms with Crippen molar-refractivity contribution >= 4 is 5.69 Å². The van der Waals surface area contributed by atoms with Gasteiger partial charge in [0.05, 0.1) is 12.3 Å². The monoisotopic (exact) mass is 211 g/mol. The van der Waals surface area contributed by atoms with Crippen LogP contribution < -0.4 is 5.32 Å². The molecule has 1 N–H and O–H groups in total. The second-order valence-electron chi connectivity index (χ2n) is 3.69. The number of rotatable bonds is 5. The zero-order valence-electron chi connectivity index (χ0n) is 9.51. The van der Waals surface area contributed by atoms with E-state index in [1.54, 1.807) is 6.07 Å². The maximum Gasteiger partial charge on any atom is 0.146 e. The van der Waals surface area contributed by atoms with E-state index < -0.39 is 0 Å². The van der Waals surface area contributed by atoms with Gasteiger partial charge in [0.2, 0.25) is 0 Å². The molecule has 0 heterocycles. The lowest BCUT2D eigenvalue weighted by Gasteiger charge is -2.15. The number of hydrogen-bond acceptors (Lipinski definition) is 2. The van der Waals surface area contributed by atoms with Crippen molar-refractivity contribution in [1.29, 1.82) is 0 Å². The highest BCUT2D eigenvalue weighted by Crippen LogP contribution is 2.16. The Labute approximate surface area is 90.4 Å². The third-order valence-corrected chi connectivity index (χ3v) is 2.10. The van der Waals surface area contributed by atoms with E-state index >= 15 is 0 Å². The number of anilines is 1. The molecule has 0 radical (unpaired) electrons. The van der Waals surface area contributed by atoms with Gasteiger partial charge in [0.1, 0.15) is 5.82 Å². The van der Waals surface area contributed by atoms with Crippen molar-refractivity contribution in [2.75, 3.05) is 18.5 Å². The van der Waals surface area contributed by atoms with E-state index in [2.05, 4.69) is 5.32 Å². The van der Waals surface area contributed by atoms with Crippen LogP contribution in [0.25, 0.3) is 0 Å². The van der Waals surface area contributed by atoms with Crippen molar-refractivity contribution < 1.29 is 9.13 Å². The number of halogens is 1. The smallest absolute Gasteiger partial charge is 0.146 e. The first-order valence-electron chi connectivity index (χ1n) is 5.24. The van der Waals surface area contributed by atoms with Gasteiger partial charge in [0.25, 0.3) is 0 Å². The minimum atomic E-state index is -0.210. The summed E-state index contributed by atoms with van der Waals surface area (Å²) in [6, 6.07) is 5.28. The first kappa shape index (κ1) is 12.0. The van der Waals surface area contributed by atoms with Crippen LogP contribution in [0, 0.1) is 12.7 Å². The molecule has 0 aromatic heterocycles. The fraction of sp³-hybridized carbons (Fsp3) is 0.500. The van der Waals surface area contributed by atoms with Crippen LogP contribution in [-0.2, 0) is 4.74 Å². The van der Waals surface area contributed by atoms with E-state index in [4.69, 9.17) is 4.74 Å². The maximum absolute atomic E-state index is 13.4. The van der Waals surface area contributed by atoms with E-state index in [-0.39, 0.29) is 11.9 Å². The molecule has 0 aliphatic rings. The molecular weight excluding hydrogens is 193 g/mol. The molecule has 2 nitrogen and oxygen atoms in total. The van der Waals surface area contributed by atoms with Gasteiger partial charge in [0.15, 0.2) is 0 Å². The summed E-state index contributed by atoms with van der Waals surface area (Å²) in [6.07, 6.45) is 0. The standard InChI is InChI=1S/C12H18FNO/c1-4-15-8-10(3)14-12-6-5-9(2)7-11(12)13/h5-7,10,14H,4,8H2,1-3H3. The molecule has 0 fully saturated rings. The van der Waals surface area contributed by atoms with Crippen LogP contribution in [0.5, 0.6) is 0 Å². The first-order chi connectivity index (χ1) is 7.13. The van der Waals surface area contributed by atoms with E-state index in [1.165, 1.54) is 6.07 Å². The lowest BCUT2D eigenvalue weighted by atomic mass is 10.2. The number of nitrogens with one attached hydrogen (secondary N) is 1. The molecule has 1 rings (SSSR count). The van der Waals surface area contributed by atoms with Crippen LogP contribution >= 0.6 is 0 Å². The molecule has 0 aliphatic carbocycles. The van der Waals surface area contributed by atoms with Crippen LogP contribution in [0.2, 0.25) is 0 Å². The minimum absolute atomic E-state index is 0.113.